The van der Waals surface area contributed by atoms with Crippen LogP contribution in [0.4, 0.5) is 0 Å². The van der Waals surface area contributed by atoms with Gasteiger partial charge in [0.1, 0.15) is 11.8 Å². The molecule has 0 aliphatic carbocycles. The van der Waals surface area contributed by atoms with E-state index in [9.17, 15) is 9.59 Å². The number of carbonyl (C=O) groups excluding carboxylic acids is 2. The minimum Gasteiger partial charge on any atom is -0.484 e. The zero-order valence-corrected chi connectivity index (χ0v) is 17.8. The van der Waals surface area contributed by atoms with Crippen LogP contribution in [0, 0.1) is 20.8 Å². The first kappa shape index (κ1) is 21.8. The van der Waals surface area contributed by atoms with Gasteiger partial charge in [-0.3, -0.25) is 9.59 Å². The predicted octanol–water partition coefficient (Wildman–Crippen LogP) is 3.81. The summed E-state index contributed by atoms with van der Waals surface area (Å²) in [5.41, 5.74) is 3.83. The highest BCUT2D eigenvalue weighted by Gasteiger charge is 2.26. The minimum absolute atomic E-state index is 0.159. The van der Waals surface area contributed by atoms with Gasteiger partial charge in [0.05, 0.1) is 0 Å². The average molecular weight is 403 g/mol. The molecule has 0 aliphatic heterocycles. The Morgan fingerprint density at radius 2 is 1.71 bits per heavy atom. The molecule has 5 nitrogen and oxygen atoms in total. The van der Waals surface area contributed by atoms with Gasteiger partial charge in [-0.05, 0) is 62.1 Å². The summed E-state index contributed by atoms with van der Waals surface area (Å²) in [6.07, 6.45) is 0. The summed E-state index contributed by atoms with van der Waals surface area (Å²) in [7, 11) is 1.56. The highest BCUT2D eigenvalue weighted by atomic mass is 35.5. The lowest BCUT2D eigenvalue weighted by atomic mass is 10.1. The molecule has 150 valence electrons. The second kappa shape index (κ2) is 9.60. The number of nitrogens with one attached hydrogen (secondary N) is 1. The van der Waals surface area contributed by atoms with Crippen molar-refractivity contribution in [2.75, 3.05) is 13.7 Å². The topological polar surface area (TPSA) is 58.6 Å². The standard InChI is InChI=1S/C22H27ClN2O3/c1-14-8-6-7-9-18(14)12-25(17(4)22(27)24-5)20(26)13-28-19-10-15(2)21(23)16(3)11-19/h6-11,17H,12-13H2,1-5H3,(H,24,27)/t17-/m1/s1. The SMILES string of the molecule is CNC(=O)[C@@H](C)N(Cc1ccccc1C)C(=O)COc1cc(C)c(Cl)c(C)c1. The van der Waals surface area contributed by atoms with Crippen LogP contribution >= 0.6 is 11.6 Å². The van der Waals surface area contributed by atoms with E-state index in [2.05, 4.69) is 5.32 Å². The Labute approximate surface area is 171 Å². The molecular formula is C22H27ClN2O3. The lowest BCUT2D eigenvalue weighted by molar-refractivity contribution is -0.142. The van der Waals surface area contributed by atoms with Crippen LogP contribution in [0.5, 0.6) is 5.75 Å². The van der Waals surface area contributed by atoms with Crippen LogP contribution in [0.2, 0.25) is 5.02 Å². The van der Waals surface area contributed by atoms with Gasteiger partial charge in [0.15, 0.2) is 6.61 Å². The summed E-state index contributed by atoms with van der Waals surface area (Å²) in [5.74, 6) is 0.0981. The molecule has 2 aromatic rings. The third-order valence-electron chi connectivity index (χ3n) is 4.79. The lowest BCUT2D eigenvalue weighted by Gasteiger charge is -2.29. The maximum Gasteiger partial charge on any atom is 0.261 e. The van der Waals surface area contributed by atoms with E-state index in [1.54, 1.807) is 26.1 Å². The summed E-state index contributed by atoms with van der Waals surface area (Å²) in [6.45, 7) is 7.66. The van der Waals surface area contributed by atoms with Crippen molar-refractivity contribution in [3.63, 3.8) is 0 Å². The van der Waals surface area contributed by atoms with Crippen molar-refractivity contribution in [3.8, 4) is 5.75 Å². The number of amides is 2. The molecule has 0 fully saturated rings. The summed E-state index contributed by atoms with van der Waals surface area (Å²) >= 11 is 6.19. The number of aryl methyl sites for hydroxylation is 3. The maximum absolute atomic E-state index is 12.9. The Morgan fingerprint density at radius 1 is 1.11 bits per heavy atom. The van der Waals surface area contributed by atoms with Crippen molar-refractivity contribution >= 4 is 23.4 Å². The molecule has 1 atom stereocenters. The van der Waals surface area contributed by atoms with Gasteiger partial charge in [-0.1, -0.05) is 35.9 Å². The number of likely N-dealkylation sites (N-methyl/N-ethyl adjacent to an activating group) is 1. The van der Waals surface area contributed by atoms with Crippen molar-refractivity contribution in [3.05, 3.63) is 63.7 Å². The number of hydrogen-bond acceptors (Lipinski definition) is 3. The predicted molar refractivity (Wildman–Crippen MR) is 112 cm³/mol. The van der Waals surface area contributed by atoms with E-state index in [0.717, 1.165) is 22.3 Å². The largest absolute Gasteiger partial charge is 0.484 e. The molecule has 0 saturated carbocycles. The Morgan fingerprint density at radius 3 is 2.29 bits per heavy atom. The van der Waals surface area contributed by atoms with Gasteiger partial charge in [0.25, 0.3) is 5.91 Å². The Balaban J connectivity index is 2.19. The smallest absolute Gasteiger partial charge is 0.261 e. The number of carbonyl (C=O) groups is 2. The van der Waals surface area contributed by atoms with E-state index >= 15 is 0 Å². The number of rotatable bonds is 7. The Hall–Kier alpha value is -2.53. The lowest BCUT2D eigenvalue weighted by Crippen LogP contribution is -2.48. The monoisotopic (exact) mass is 402 g/mol. The zero-order valence-electron chi connectivity index (χ0n) is 17.0. The van der Waals surface area contributed by atoms with Crippen LogP contribution in [0.15, 0.2) is 36.4 Å². The number of benzene rings is 2. The minimum atomic E-state index is -0.616. The molecule has 1 N–H and O–H groups in total. The Kier molecular flexibility index (Phi) is 7.46. The van der Waals surface area contributed by atoms with E-state index in [1.165, 1.54) is 4.90 Å². The third-order valence-corrected chi connectivity index (χ3v) is 5.38. The highest BCUT2D eigenvalue weighted by molar-refractivity contribution is 6.32. The molecule has 6 heteroatoms. The number of halogens is 1. The molecule has 0 radical (unpaired) electrons. The van der Waals surface area contributed by atoms with E-state index in [1.807, 2.05) is 45.0 Å². The molecule has 2 amide bonds. The van der Waals surface area contributed by atoms with Crippen molar-refractivity contribution in [2.45, 2.75) is 40.3 Å². The first-order chi connectivity index (χ1) is 13.2. The highest BCUT2D eigenvalue weighted by Crippen LogP contribution is 2.26. The average Bonchev–Trinajstić information content (AvgIpc) is 2.68. The first-order valence-corrected chi connectivity index (χ1v) is 9.57. The third kappa shape index (κ3) is 5.26. The second-order valence-electron chi connectivity index (χ2n) is 6.90. The second-order valence-corrected chi connectivity index (χ2v) is 7.28. The van der Waals surface area contributed by atoms with Gasteiger partial charge in [0, 0.05) is 18.6 Å². The van der Waals surface area contributed by atoms with E-state index in [4.69, 9.17) is 16.3 Å². The van der Waals surface area contributed by atoms with Crippen LogP contribution in [0.3, 0.4) is 0 Å². The van der Waals surface area contributed by atoms with Crippen LogP contribution in [0.25, 0.3) is 0 Å². The van der Waals surface area contributed by atoms with E-state index in [0.29, 0.717) is 17.3 Å². The van der Waals surface area contributed by atoms with Gasteiger partial charge in [-0.2, -0.15) is 0 Å². The quantitative estimate of drug-likeness (QED) is 0.766. The molecule has 0 spiro atoms. The van der Waals surface area contributed by atoms with Gasteiger partial charge in [0.2, 0.25) is 5.91 Å². The fourth-order valence-corrected chi connectivity index (χ4v) is 3.09. The summed E-state index contributed by atoms with van der Waals surface area (Å²) < 4.78 is 5.72. The number of nitrogens with zero attached hydrogens (tertiary/aromatic N) is 1. The fourth-order valence-electron chi connectivity index (χ4n) is 2.98. The van der Waals surface area contributed by atoms with Crippen LogP contribution < -0.4 is 10.1 Å². The van der Waals surface area contributed by atoms with Gasteiger partial charge >= 0.3 is 0 Å². The van der Waals surface area contributed by atoms with Gasteiger partial charge in [-0.15, -0.1) is 0 Å². The molecule has 0 aromatic heterocycles. The molecule has 2 aromatic carbocycles. The van der Waals surface area contributed by atoms with Gasteiger partial charge < -0.3 is 15.0 Å². The number of ether oxygens (including phenoxy) is 1. The molecule has 2 rings (SSSR count). The normalized spacial score (nSPS) is 11.6. The van der Waals surface area contributed by atoms with Crippen LogP contribution in [0.1, 0.15) is 29.2 Å². The van der Waals surface area contributed by atoms with Crippen molar-refractivity contribution in [1.29, 1.82) is 0 Å². The Bertz CT molecular complexity index is 844. The van der Waals surface area contributed by atoms with Gasteiger partial charge in [-0.25, -0.2) is 0 Å². The molecule has 0 unspecified atom stereocenters. The molecule has 0 heterocycles. The molecule has 0 saturated heterocycles. The van der Waals surface area contributed by atoms with E-state index < -0.39 is 6.04 Å². The van der Waals surface area contributed by atoms with Crippen molar-refractivity contribution in [2.24, 2.45) is 0 Å². The zero-order chi connectivity index (χ0) is 20.8. The van der Waals surface area contributed by atoms with Crippen LogP contribution in [-0.2, 0) is 16.1 Å². The molecule has 0 bridgehead atoms. The molecule has 28 heavy (non-hydrogen) atoms. The van der Waals surface area contributed by atoms with Crippen LogP contribution in [-0.4, -0.2) is 36.4 Å². The van der Waals surface area contributed by atoms with Crippen molar-refractivity contribution < 1.29 is 14.3 Å². The molecular weight excluding hydrogens is 376 g/mol. The molecule has 0 aliphatic rings. The fraction of sp³-hybridized carbons (Fsp3) is 0.364. The summed E-state index contributed by atoms with van der Waals surface area (Å²) in [4.78, 5) is 26.6. The van der Waals surface area contributed by atoms with E-state index in [-0.39, 0.29) is 18.4 Å². The summed E-state index contributed by atoms with van der Waals surface area (Å²) in [5, 5.41) is 3.30. The van der Waals surface area contributed by atoms with Crippen molar-refractivity contribution in [1.82, 2.24) is 10.2 Å². The summed E-state index contributed by atoms with van der Waals surface area (Å²) in [6, 6.07) is 10.8. The number of hydrogen-bond donors (Lipinski definition) is 1. The first-order valence-electron chi connectivity index (χ1n) is 9.19. The maximum atomic E-state index is 12.9.